The molecule has 1 fully saturated rings. The van der Waals surface area contributed by atoms with Crippen molar-refractivity contribution < 1.29 is 41.8 Å². The van der Waals surface area contributed by atoms with Crippen LogP contribution in [0.15, 0.2) is 67.0 Å². The molecule has 1 aliphatic heterocycles. The summed E-state index contributed by atoms with van der Waals surface area (Å²) in [7, 11) is -2.68. The highest BCUT2D eigenvalue weighted by Crippen LogP contribution is 2.58. The van der Waals surface area contributed by atoms with E-state index in [2.05, 4.69) is 4.98 Å². The number of hydrogen-bond donors (Lipinski definition) is 1. The molecule has 47 heavy (non-hydrogen) atoms. The number of esters is 1. The van der Waals surface area contributed by atoms with Gasteiger partial charge in [0.2, 0.25) is 11.8 Å². The van der Waals surface area contributed by atoms with Crippen molar-refractivity contribution in [3.63, 3.8) is 0 Å². The summed E-state index contributed by atoms with van der Waals surface area (Å²) in [6.45, 7) is 10.2. The molecule has 0 bridgehead atoms. The number of benzene rings is 2. The quantitative estimate of drug-likeness (QED) is 0.174. The Balaban J connectivity index is 1.78. The lowest BCUT2D eigenvalue weighted by Crippen LogP contribution is -2.62. The van der Waals surface area contributed by atoms with Crippen LogP contribution in [-0.2, 0) is 30.1 Å². The standard InChI is InChI=1S/C34H40F3N3O6Si/c1-7-45-31(43)33(44,34(35,36)37)26-23(19-46-47(5,6)32(2,3)4)24-25(30(42)40(29(24)41)22-16-12-9-13-17-22)28-27(26)38-20-39(28)18-21-14-10-8-11-15-21/h8-17,20,23-26,44H,7,18-19H2,1-6H3/t23-,24+,25+,26+,33+/m1/s1. The lowest BCUT2D eigenvalue weighted by Gasteiger charge is -2.46. The van der Waals surface area contributed by atoms with Crippen molar-refractivity contribution in [1.29, 1.82) is 0 Å². The van der Waals surface area contributed by atoms with Crippen molar-refractivity contribution in [3.05, 3.63) is 83.9 Å². The Kier molecular flexibility index (Phi) is 9.06. The highest BCUT2D eigenvalue weighted by molar-refractivity contribution is 6.74. The van der Waals surface area contributed by atoms with E-state index in [4.69, 9.17) is 9.16 Å². The van der Waals surface area contributed by atoms with Crippen molar-refractivity contribution in [2.24, 2.45) is 11.8 Å². The Labute approximate surface area is 272 Å². The fourth-order valence-electron chi connectivity index (χ4n) is 6.43. The lowest BCUT2D eigenvalue weighted by molar-refractivity contribution is -0.276. The number of nitrogens with zero attached hydrogens (tertiary/aromatic N) is 3. The monoisotopic (exact) mass is 671 g/mol. The molecule has 0 radical (unpaired) electrons. The van der Waals surface area contributed by atoms with E-state index in [9.17, 15) is 19.5 Å². The molecule has 2 amide bonds. The van der Waals surface area contributed by atoms with Crippen molar-refractivity contribution >= 4 is 31.8 Å². The van der Waals surface area contributed by atoms with Crippen LogP contribution in [0.25, 0.3) is 0 Å². The minimum Gasteiger partial charge on any atom is -0.464 e. The second kappa shape index (κ2) is 12.3. The van der Waals surface area contributed by atoms with Gasteiger partial charge in [-0.25, -0.2) is 14.7 Å². The van der Waals surface area contributed by atoms with Gasteiger partial charge in [-0.3, -0.25) is 9.59 Å². The first-order valence-corrected chi connectivity index (χ1v) is 18.5. The molecular weight excluding hydrogens is 631 g/mol. The zero-order valence-electron chi connectivity index (χ0n) is 27.2. The Hall–Kier alpha value is -3.81. The molecule has 2 heterocycles. The maximum Gasteiger partial charge on any atom is 0.428 e. The Morgan fingerprint density at radius 3 is 2.13 bits per heavy atom. The number of ether oxygens (including phenoxy) is 1. The summed E-state index contributed by atoms with van der Waals surface area (Å²) < 4.78 is 58.5. The minimum absolute atomic E-state index is 0.0381. The first kappa shape index (κ1) is 34.5. The summed E-state index contributed by atoms with van der Waals surface area (Å²) in [4.78, 5) is 47.5. The summed E-state index contributed by atoms with van der Waals surface area (Å²) in [5, 5.41) is 11.4. The average molecular weight is 672 g/mol. The number of carbonyl (C=O) groups excluding carboxylic acids is 3. The van der Waals surface area contributed by atoms with Gasteiger partial charge in [-0.1, -0.05) is 69.3 Å². The molecule has 0 saturated carbocycles. The number of imide groups is 1. The van der Waals surface area contributed by atoms with E-state index >= 15 is 13.2 Å². The van der Waals surface area contributed by atoms with Crippen molar-refractivity contribution in [1.82, 2.24) is 9.55 Å². The molecule has 1 aliphatic carbocycles. The van der Waals surface area contributed by atoms with E-state index < -0.39 is 74.8 Å². The van der Waals surface area contributed by atoms with Crippen LogP contribution < -0.4 is 4.90 Å². The van der Waals surface area contributed by atoms with Crippen LogP contribution in [0.1, 0.15) is 56.5 Å². The number of anilines is 1. The highest BCUT2D eigenvalue weighted by atomic mass is 28.4. The van der Waals surface area contributed by atoms with E-state index in [1.807, 2.05) is 52.1 Å². The van der Waals surface area contributed by atoms with Gasteiger partial charge in [0, 0.05) is 19.1 Å². The van der Waals surface area contributed by atoms with Crippen LogP contribution in [0.3, 0.4) is 0 Å². The molecule has 3 aromatic rings. The van der Waals surface area contributed by atoms with Gasteiger partial charge < -0.3 is 18.8 Å². The van der Waals surface area contributed by atoms with E-state index in [1.54, 1.807) is 42.5 Å². The number of rotatable bonds is 9. The molecular formula is C34H40F3N3O6Si. The first-order valence-electron chi connectivity index (χ1n) is 15.6. The van der Waals surface area contributed by atoms with Gasteiger partial charge in [0.15, 0.2) is 8.32 Å². The molecule has 5 atom stereocenters. The van der Waals surface area contributed by atoms with Gasteiger partial charge in [-0.2, -0.15) is 13.2 Å². The molecule has 1 saturated heterocycles. The van der Waals surface area contributed by atoms with Crippen LogP contribution in [0.5, 0.6) is 0 Å². The smallest absolute Gasteiger partial charge is 0.428 e. The minimum atomic E-state index is -5.54. The average Bonchev–Trinajstić information content (AvgIpc) is 3.52. The van der Waals surface area contributed by atoms with Crippen LogP contribution in [-0.4, -0.2) is 65.7 Å². The third-order valence-corrected chi connectivity index (χ3v) is 14.4. The third kappa shape index (κ3) is 5.82. The van der Waals surface area contributed by atoms with E-state index in [1.165, 1.54) is 17.8 Å². The largest absolute Gasteiger partial charge is 0.464 e. The molecule has 0 spiro atoms. The number of fused-ring (bicyclic) bond motifs is 3. The van der Waals surface area contributed by atoms with Gasteiger partial charge in [-0.15, -0.1) is 0 Å². The number of imidazole rings is 1. The number of aliphatic hydroxyl groups is 1. The maximum absolute atomic E-state index is 15.2. The second-order valence-electron chi connectivity index (χ2n) is 13.7. The van der Waals surface area contributed by atoms with E-state index in [-0.39, 0.29) is 28.7 Å². The van der Waals surface area contributed by atoms with Gasteiger partial charge >= 0.3 is 12.1 Å². The molecule has 9 nitrogen and oxygen atoms in total. The number of alkyl halides is 3. The maximum atomic E-state index is 15.2. The summed E-state index contributed by atoms with van der Waals surface area (Å²) >= 11 is 0. The van der Waals surface area contributed by atoms with Gasteiger partial charge in [-0.05, 0) is 42.8 Å². The van der Waals surface area contributed by atoms with E-state index in [0.717, 1.165) is 10.5 Å². The molecule has 5 rings (SSSR count). The number of amides is 2. The van der Waals surface area contributed by atoms with Gasteiger partial charge in [0.1, 0.15) is 0 Å². The fourth-order valence-corrected chi connectivity index (χ4v) is 7.47. The zero-order valence-corrected chi connectivity index (χ0v) is 28.2. The third-order valence-electron chi connectivity index (χ3n) is 9.86. The number of halogens is 3. The Bertz CT molecular complexity index is 1640. The SMILES string of the molecule is CCOC(=O)[C@@](O)([C@@H]1c2ncn(Cc3ccccc3)c2[C@H]2C(=O)N(c3ccccc3)C(=O)[C@H]2[C@H]1CO[Si](C)(C)C(C)(C)C)C(F)(F)F. The normalized spacial score (nSPS) is 22.9. The summed E-state index contributed by atoms with van der Waals surface area (Å²) in [6.07, 6.45) is -4.25. The first-order chi connectivity index (χ1) is 22.0. The van der Waals surface area contributed by atoms with Gasteiger partial charge in [0.25, 0.3) is 5.60 Å². The number of para-hydroxylation sites is 1. The van der Waals surface area contributed by atoms with Crippen LogP contribution >= 0.6 is 0 Å². The van der Waals surface area contributed by atoms with E-state index in [0.29, 0.717) is 0 Å². The van der Waals surface area contributed by atoms with Gasteiger partial charge in [0.05, 0.1) is 47.8 Å². The molecule has 252 valence electrons. The summed E-state index contributed by atoms with van der Waals surface area (Å²) in [6, 6.07) is 17.2. The molecule has 2 aromatic carbocycles. The number of hydrogen-bond acceptors (Lipinski definition) is 7. The van der Waals surface area contributed by atoms with Crippen molar-refractivity contribution in [2.75, 3.05) is 18.1 Å². The molecule has 13 heteroatoms. The topological polar surface area (TPSA) is 111 Å². The number of aromatic nitrogens is 2. The van der Waals surface area contributed by atoms with Crippen molar-refractivity contribution in [2.45, 2.75) is 76.0 Å². The predicted octanol–water partition coefficient (Wildman–Crippen LogP) is 5.80. The van der Waals surface area contributed by atoms with Crippen molar-refractivity contribution in [3.8, 4) is 0 Å². The Morgan fingerprint density at radius 2 is 1.57 bits per heavy atom. The zero-order chi connectivity index (χ0) is 34.5. The highest BCUT2D eigenvalue weighted by Gasteiger charge is 2.72. The summed E-state index contributed by atoms with van der Waals surface area (Å²) in [5.41, 5.74) is -3.35. The number of carbonyl (C=O) groups is 3. The second-order valence-corrected chi connectivity index (χ2v) is 18.5. The molecule has 1 N–H and O–H groups in total. The van der Waals surface area contributed by atoms with Crippen LogP contribution in [0, 0.1) is 11.8 Å². The van der Waals surface area contributed by atoms with Crippen LogP contribution in [0.4, 0.5) is 18.9 Å². The predicted molar refractivity (Wildman–Crippen MR) is 170 cm³/mol. The molecule has 1 aromatic heterocycles. The lowest BCUT2D eigenvalue weighted by atomic mass is 9.62. The Morgan fingerprint density at radius 1 is 0.979 bits per heavy atom. The fraction of sp³-hybridized carbons (Fsp3) is 0.471. The molecule has 0 unspecified atom stereocenters. The summed E-state index contributed by atoms with van der Waals surface area (Å²) in [5.74, 6) is -9.58. The van der Waals surface area contributed by atoms with Crippen LogP contribution in [0.2, 0.25) is 18.1 Å². The molecule has 2 aliphatic rings.